The molecular weight excluding hydrogens is 126 g/mol. The number of hydrogen-bond donors (Lipinski definition) is 0. The number of hydrogen-bond acceptors (Lipinski definition) is 1. The molecule has 0 amide bonds. The topological polar surface area (TPSA) is 12.5 Å². The van der Waals surface area contributed by atoms with Gasteiger partial charge >= 0.3 is 6.11 Å². The maximum Gasteiger partial charge on any atom is 0.383 e. The van der Waals surface area contributed by atoms with E-state index in [2.05, 4.69) is 4.74 Å². The molecule has 0 aromatic rings. The molecule has 1 unspecified atom stereocenters. The molecule has 0 radical (unpaired) electrons. The molecule has 0 aromatic heterocycles. The van der Waals surface area contributed by atoms with E-state index < -0.39 is 17.6 Å². The van der Waals surface area contributed by atoms with Gasteiger partial charge in [-0.2, -0.15) is 8.78 Å². The van der Waals surface area contributed by atoms with Crippen LogP contribution in [-0.2, 0) is 4.74 Å². The summed E-state index contributed by atoms with van der Waals surface area (Å²) in [5, 5.41) is 0. The number of alkyl halides is 2. The van der Waals surface area contributed by atoms with Crippen LogP contribution in [-0.4, -0.2) is 12.2 Å². The first-order chi connectivity index (χ1) is 3.84. The molecule has 1 fully saturated rings. The first-order valence-corrected chi connectivity index (χ1v) is 2.90. The van der Waals surface area contributed by atoms with Gasteiger partial charge in [0.25, 0.3) is 0 Å². The smallest absolute Gasteiger partial charge is 0.305 e. The summed E-state index contributed by atoms with van der Waals surface area (Å²) in [5.74, 6) is 0. The Kier molecular flexibility index (Phi) is 1.12. The highest BCUT2D eigenvalue weighted by Crippen LogP contribution is 2.49. The molecule has 0 N–H and O–H groups in total. The van der Waals surface area contributed by atoms with E-state index in [0.29, 0.717) is 0 Å². The van der Waals surface area contributed by atoms with Gasteiger partial charge in [0.05, 0.1) is 0 Å². The fourth-order valence-corrected chi connectivity index (χ4v) is 0.804. The van der Waals surface area contributed by atoms with E-state index in [1.165, 1.54) is 0 Å². The fourth-order valence-electron chi connectivity index (χ4n) is 0.804. The molecule has 3 heteroatoms. The molecular formula is C6H10F2O. The van der Waals surface area contributed by atoms with Crippen molar-refractivity contribution in [2.24, 2.45) is 5.41 Å². The van der Waals surface area contributed by atoms with Crippen molar-refractivity contribution in [2.45, 2.75) is 33.0 Å². The molecule has 1 rings (SSSR count). The lowest BCUT2D eigenvalue weighted by molar-refractivity contribution is 0.000944. The lowest BCUT2D eigenvalue weighted by atomic mass is 9.92. The van der Waals surface area contributed by atoms with E-state index in [9.17, 15) is 8.78 Å². The average Bonchev–Trinajstić information content (AvgIpc) is 2.10. The summed E-state index contributed by atoms with van der Waals surface area (Å²) in [6.07, 6.45) is -3.72. The molecule has 1 aliphatic heterocycles. The van der Waals surface area contributed by atoms with Crippen LogP contribution in [0, 0.1) is 5.41 Å². The van der Waals surface area contributed by atoms with Crippen molar-refractivity contribution >= 4 is 0 Å². The van der Waals surface area contributed by atoms with Gasteiger partial charge < -0.3 is 4.74 Å². The second kappa shape index (κ2) is 1.45. The van der Waals surface area contributed by atoms with Gasteiger partial charge in [0.1, 0.15) is 0 Å². The third kappa shape index (κ3) is 1.21. The molecule has 1 atom stereocenters. The van der Waals surface area contributed by atoms with E-state index in [4.69, 9.17) is 0 Å². The second-order valence-corrected chi connectivity index (χ2v) is 3.43. The van der Waals surface area contributed by atoms with E-state index in [0.717, 1.165) is 0 Å². The van der Waals surface area contributed by atoms with Crippen LogP contribution in [0.3, 0.4) is 0 Å². The van der Waals surface area contributed by atoms with Crippen LogP contribution in [0.4, 0.5) is 8.78 Å². The first kappa shape index (κ1) is 6.93. The van der Waals surface area contributed by atoms with Gasteiger partial charge in [0, 0.05) is 0 Å². The first-order valence-electron chi connectivity index (χ1n) is 2.90. The highest BCUT2D eigenvalue weighted by Gasteiger charge is 2.64. The summed E-state index contributed by atoms with van der Waals surface area (Å²) in [7, 11) is 0. The van der Waals surface area contributed by atoms with Gasteiger partial charge in [-0.05, 0) is 5.41 Å². The second-order valence-electron chi connectivity index (χ2n) is 3.43. The largest absolute Gasteiger partial charge is 0.383 e. The van der Waals surface area contributed by atoms with Gasteiger partial charge in [0.2, 0.25) is 0 Å². The van der Waals surface area contributed by atoms with Crippen LogP contribution in [0.25, 0.3) is 0 Å². The Hall–Kier alpha value is -0.180. The molecule has 1 heterocycles. The zero-order valence-corrected chi connectivity index (χ0v) is 5.74. The zero-order valence-electron chi connectivity index (χ0n) is 5.74. The number of halogens is 2. The Morgan fingerprint density at radius 1 is 1.33 bits per heavy atom. The van der Waals surface area contributed by atoms with Crippen molar-refractivity contribution in [1.82, 2.24) is 0 Å². The fraction of sp³-hybridized carbons (Fsp3) is 1.00. The third-order valence-electron chi connectivity index (χ3n) is 1.31. The van der Waals surface area contributed by atoms with Crippen molar-refractivity contribution in [3.8, 4) is 0 Å². The summed E-state index contributed by atoms with van der Waals surface area (Å²) in [6.45, 7) is 5.20. The van der Waals surface area contributed by atoms with Gasteiger partial charge in [-0.15, -0.1) is 0 Å². The third-order valence-corrected chi connectivity index (χ3v) is 1.31. The monoisotopic (exact) mass is 136 g/mol. The van der Waals surface area contributed by atoms with Crippen LogP contribution < -0.4 is 0 Å². The molecule has 0 saturated carbocycles. The molecule has 9 heavy (non-hydrogen) atoms. The molecule has 1 nitrogen and oxygen atoms in total. The maximum absolute atomic E-state index is 12.1. The Morgan fingerprint density at radius 3 is 1.67 bits per heavy atom. The van der Waals surface area contributed by atoms with Crippen LogP contribution >= 0.6 is 0 Å². The van der Waals surface area contributed by atoms with Crippen molar-refractivity contribution in [3.05, 3.63) is 0 Å². The van der Waals surface area contributed by atoms with Gasteiger partial charge in [-0.25, -0.2) is 0 Å². The molecule has 0 aliphatic carbocycles. The molecule has 1 aliphatic rings. The van der Waals surface area contributed by atoms with E-state index in [1.807, 2.05) is 0 Å². The van der Waals surface area contributed by atoms with E-state index >= 15 is 0 Å². The Labute approximate surface area is 53.0 Å². The van der Waals surface area contributed by atoms with Crippen molar-refractivity contribution < 1.29 is 13.5 Å². The van der Waals surface area contributed by atoms with Crippen LogP contribution in [0.2, 0.25) is 0 Å². The van der Waals surface area contributed by atoms with Crippen molar-refractivity contribution in [2.75, 3.05) is 0 Å². The highest BCUT2D eigenvalue weighted by atomic mass is 19.3. The lowest BCUT2D eigenvalue weighted by Crippen LogP contribution is -2.18. The molecule has 54 valence electrons. The Balaban J connectivity index is 2.52. The number of rotatable bonds is 0. The highest BCUT2D eigenvalue weighted by molar-refractivity contribution is 4.93. The summed E-state index contributed by atoms with van der Waals surface area (Å²) >= 11 is 0. The number of epoxide rings is 1. The van der Waals surface area contributed by atoms with Crippen molar-refractivity contribution in [1.29, 1.82) is 0 Å². The van der Waals surface area contributed by atoms with Crippen LogP contribution in [0.15, 0.2) is 0 Å². The summed E-state index contributed by atoms with van der Waals surface area (Å²) in [4.78, 5) is 0. The zero-order chi connectivity index (χ0) is 7.28. The van der Waals surface area contributed by atoms with Crippen molar-refractivity contribution in [3.63, 3.8) is 0 Å². The van der Waals surface area contributed by atoms with Gasteiger partial charge in [-0.3, -0.25) is 0 Å². The molecule has 0 bridgehead atoms. The Morgan fingerprint density at radius 2 is 1.67 bits per heavy atom. The van der Waals surface area contributed by atoms with Crippen LogP contribution in [0.5, 0.6) is 0 Å². The summed E-state index contributed by atoms with van der Waals surface area (Å²) in [6, 6.07) is 0. The Bertz CT molecular complexity index is 126. The average molecular weight is 136 g/mol. The molecule has 0 aromatic carbocycles. The minimum absolute atomic E-state index is 0.427. The quantitative estimate of drug-likeness (QED) is 0.464. The normalized spacial score (nSPS) is 32.3. The standard InChI is InChI=1S/C6H10F2O/c1-5(2,3)4-6(7,8)9-4/h4H,1-3H3. The predicted octanol–water partition coefficient (Wildman–Crippen LogP) is 2.02. The minimum Gasteiger partial charge on any atom is -0.305 e. The molecule has 0 spiro atoms. The van der Waals surface area contributed by atoms with Gasteiger partial charge in [0.15, 0.2) is 6.10 Å². The van der Waals surface area contributed by atoms with Gasteiger partial charge in [-0.1, -0.05) is 20.8 Å². The lowest BCUT2D eigenvalue weighted by Gasteiger charge is -2.12. The minimum atomic E-state index is -2.85. The maximum atomic E-state index is 12.1. The predicted molar refractivity (Wildman–Crippen MR) is 29.3 cm³/mol. The van der Waals surface area contributed by atoms with E-state index in [-0.39, 0.29) is 0 Å². The SMILES string of the molecule is CC(C)(C)C1OC1(F)F. The molecule has 1 saturated heterocycles. The van der Waals surface area contributed by atoms with E-state index in [1.54, 1.807) is 20.8 Å². The summed E-state index contributed by atoms with van der Waals surface area (Å²) < 4.78 is 28.3. The number of ether oxygens (including phenoxy) is 1. The van der Waals surface area contributed by atoms with Crippen LogP contribution in [0.1, 0.15) is 20.8 Å². The summed E-state index contributed by atoms with van der Waals surface area (Å²) in [5.41, 5.74) is -0.427.